The van der Waals surface area contributed by atoms with Gasteiger partial charge in [0.15, 0.2) is 9.84 Å². The first-order chi connectivity index (χ1) is 8.82. The molecule has 2 aliphatic rings. The van der Waals surface area contributed by atoms with E-state index in [9.17, 15) is 13.2 Å². The summed E-state index contributed by atoms with van der Waals surface area (Å²) >= 11 is 0. The van der Waals surface area contributed by atoms with Crippen LogP contribution in [-0.2, 0) is 14.6 Å². The second-order valence-corrected chi connectivity index (χ2v) is 7.49. The number of rotatable bonds is 2. The van der Waals surface area contributed by atoms with E-state index in [0.717, 1.165) is 19.1 Å². The van der Waals surface area contributed by atoms with Gasteiger partial charge in [0.25, 0.3) is 0 Å². The second kappa shape index (κ2) is 3.72. The van der Waals surface area contributed by atoms with Crippen molar-refractivity contribution in [3.05, 3.63) is 18.2 Å². The van der Waals surface area contributed by atoms with E-state index in [2.05, 4.69) is 10.6 Å². The molecule has 0 spiro atoms. The highest BCUT2D eigenvalue weighted by Crippen LogP contribution is 2.46. The number of carbonyl (C=O) groups excluding carboxylic acids is 1. The molecule has 0 radical (unpaired) electrons. The zero-order chi connectivity index (χ0) is 13.8. The molecule has 1 aromatic rings. The number of hydrogen-bond donors (Lipinski definition) is 2. The Morgan fingerprint density at radius 1 is 1.32 bits per heavy atom. The highest BCUT2D eigenvalue weighted by Gasteiger charge is 2.49. The van der Waals surface area contributed by atoms with Gasteiger partial charge in [-0.1, -0.05) is 6.07 Å². The smallest absolute Gasteiger partial charge is 0.250 e. The van der Waals surface area contributed by atoms with Crippen molar-refractivity contribution in [1.29, 1.82) is 0 Å². The third-order valence-electron chi connectivity index (χ3n) is 3.92. The van der Waals surface area contributed by atoms with Crippen LogP contribution in [-0.4, -0.2) is 26.1 Å². The van der Waals surface area contributed by atoms with Gasteiger partial charge in [0.05, 0.1) is 16.3 Å². The van der Waals surface area contributed by atoms with E-state index < -0.39 is 15.4 Å². The standard InChI is InChI=1S/C13H16N2O3S/c1-13(8-6-7-8)12(16)14-11-9(15-13)4-3-5-10(11)19(2,17)18/h3-5,8,15H,6-7H2,1-2H3,(H,14,16). The van der Waals surface area contributed by atoms with Crippen LogP contribution in [0.4, 0.5) is 11.4 Å². The molecule has 0 aromatic heterocycles. The van der Waals surface area contributed by atoms with E-state index >= 15 is 0 Å². The summed E-state index contributed by atoms with van der Waals surface area (Å²) in [4.78, 5) is 12.4. The zero-order valence-corrected chi connectivity index (χ0v) is 11.7. The lowest BCUT2D eigenvalue weighted by molar-refractivity contribution is -0.120. The topological polar surface area (TPSA) is 75.3 Å². The SMILES string of the molecule is CC1(C2CC2)Nc2cccc(S(C)(=O)=O)c2NC1=O. The third-order valence-corrected chi connectivity index (χ3v) is 5.06. The Hall–Kier alpha value is -1.56. The van der Waals surface area contributed by atoms with Crippen LogP contribution in [0.25, 0.3) is 0 Å². The summed E-state index contributed by atoms with van der Waals surface area (Å²) in [6.45, 7) is 1.87. The summed E-state index contributed by atoms with van der Waals surface area (Å²) in [6, 6.07) is 4.99. The predicted octanol–water partition coefficient (Wildman–Crippen LogP) is 1.62. The van der Waals surface area contributed by atoms with Gasteiger partial charge in [-0.2, -0.15) is 0 Å². The number of anilines is 2. The molecule has 1 heterocycles. The Morgan fingerprint density at radius 2 is 2.00 bits per heavy atom. The van der Waals surface area contributed by atoms with Crippen molar-refractivity contribution < 1.29 is 13.2 Å². The van der Waals surface area contributed by atoms with E-state index in [0.29, 0.717) is 17.3 Å². The Bertz CT molecular complexity index is 664. The minimum absolute atomic E-state index is 0.154. The van der Waals surface area contributed by atoms with Crippen molar-refractivity contribution in [2.45, 2.75) is 30.2 Å². The maximum Gasteiger partial charge on any atom is 0.250 e. The first-order valence-electron chi connectivity index (χ1n) is 6.25. The fourth-order valence-corrected chi connectivity index (χ4v) is 3.46. The highest BCUT2D eigenvalue weighted by atomic mass is 32.2. The van der Waals surface area contributed by atoms with Crippen LogP contribution < -0.4 is 10.6 Å². The predicted molar refractivity (Wildman–Crippen MR) is 72.9 cm³/mol. The summed E-state index contributed by atoms with van der Waals surface area (Å²) in [7, 11) is -3.36. The lowest BCUT2D eigenvalue weighted by atomic mass is 9.91. The maximum absolute atomic E-state index is 12.3. The van der Waals surface area contributed by atoms with Crippen molar-refractivity contribution in [1.82, 2.24) is 0 Å². The summed E-state index contributed by atoms with van der Waals surface area (Å²) in [5.74, 6) is 0.168. The first-order valence-corrected chi connectivity index (χ1v) is 8.14. The molecule has 3 rings (SSSR count). The monoisotopic (exact) mass is 280 g/mol. The van der Waals surface area contributed by atoms with Gasteiger partial charge in [-0.3, -0.25) is 4.79 Å². The molecule has 1 unspecified atom stereocenters. The van der Waals surface area contributed by atoms with E-state index in [1.54, 1.807) is 12.1 Å². The van der Waals surface area contributed by atoms with Gasteiger partial charge in [-0.25, -0.2) is 8.42 Å². The van der Waals surface area contributed by atoms with Gasteiger partial charge in [-0.15, -0.1) is 0 Å². The Morgan fingerprint density at radius 3 is 2.58 bits per heavy atom. The van der Waals surface area contributed by atoms with Crippen molar-refractivity contribution in [2.24, 2.45) is 5.92 Å². The van der Waals surface area contributed by atoms with Crippen LogP contribution in [0, 0.1) is 5.92 Å². The number of carbonyl (C=O) groups is 1. The van der Waals surface area contributed by atoms with Crippen LogP contribution in [0.1, 0.15) is 19.8 Å². The average molecular weight is 280 g/mol. The molecule has 1 atom stereocenters. The molecule has 2 N–H and O–H groups in total. The number of benzene rings is 1. The number of hydrogen-bond acceptors (Lipinski definition) is 4. The number of fused-ring (bicyclic) bond motifs is 1. The average Bonchev–Trinajstić information content (AvgIpc) is 3.12. The second-order valence-electron chi connectivity index (χ2n) is 5.51. The first kappa shape index (κ1) is 12.5. The van der Waals surface area contributed by atoms with E-state index in [1.165, 1.54) is 6.07 Å². The molecule has 6 heteroatoms. The van der Waals surface area contributed by atoms with Gasteiger partial charge in [0.2, 0.25) is 5.91 Å². The molecule has 1 aromatic carbocycles. The quantitative estimate of drug-likeness (QED) is 0.863. The summed E-state index contributed by atoms with van der Waals surface area (Å²) in [5, 5.41) is 5.99. The molecule has 1 aliphatic carbocycles. The molecule has 0 saturated heterocycles. The molecule has 19 heavy (non-hydrogen) atoms. The zero-order valence-electron chi connectivity index (χ0n) is 10.9. The minimum Gasteiger partial charge on any atom is -0.369 e. The number of nitrogens with one attached hydrogen (secondary N) is 2. The van der Waals surface area contributed by atoms with Gasteiger partial charge >= 0.3 is 0 Å². The normalized spacial score (nSPS) is 26.3. The molecule has 1 fully saturated rings. The lowest BCUT2D eigenvalue weighted by Gasteiger charge is -2.36. The van der Waals surface area contributed by atoms with E-state index in [-0.39, 0.29) is 10.8 Å². The molecular formula is C13H16N2O3S. The van der Waals surface area contributed by atoms with Crippen molar-refractivity contribution in [2.75, 3.05) is 16.9 Å². The Labute approximate surface area is 112 Å². The number of sulfone groups is 1. The fourth-order valence-electron chi connectivity index (χ4n) is 2.60. The lowest BCUT2D eigenvalue weighted by Crippen LogP contribution is -2.52. The Balaban J connectivity index is 2.11. The van der Waals surface area contributed by atoms with Gasteiger partial charge < -0.3 is 10.6 Å². The van der Waals surface area contributed by atoms with Gasteiger partial charge in [0.1, 0.15) is 5.54 Å². The van der Waals surface area contributed by atoms with Crippen molar-refractivity contribution in [3.8, 4) is 0 Å². The van der Waals surface area contributed by atoms with Crippen molar-refractivity contribution in [3.63, 3.8) is 0 Å². The molecular weight excluding hydrogens is 264 g/mol. The minimum atomic E-state index is -3.36. The number of amides is 1. The molecule has 102 valence electrons. The van der Waals surface area contributed by atoms with Crippen molar-refractivity contribution >= 4 is 27.1 Å². The third kappa shape index (κ3) is 1.90. The van der Waals surface area contributed by atoms with Crippen LogP contribution in [0.2, 0.25) is 0 Å². The summed E-state index contributed by atoms with van der Waals surface area (Å²) in [5.41, 5.74) is 0.411. The summed E-state index contributed by atoms with van der Waals surface area (Å²) < 4.78 is 23.5. The highest BCUT2D eigenvalue weighted by molar-refractivity contribution is 7.90. The largest absolute Gasteiger partial charge is 0.369 e. The van der Waals surface area contributed by atoms with E-state index in [4.69, 9.17) is 0 Å². The molecule has 0 bridgehead atoms. The van der Waals surface area contributed by atoms with E-state index in [1.807, 2.05) is 6.92 Å². The summed E-state index contributed by atoms with van der Waals surface area (Å²) in [6.07, 6.45) is 3.19. The van der Waals surface area contributed by atoms with Gasteiger partial charge in [-0.05, 0) is 37.8 Å². The van der Waals surface area contributed by atoms with Crippen LogP contribution in [0.5, 0.6) is 0 Å². The molecule has 1 amide bonds. The molecule has 1 saturated carbocycles. The van der Waals surface area contributed by atoms with Crippen LogP contribution in [0.3, 0.4) is 0 Å². The molecule has 5 nitrogen and oxygen atoms in total. The Kier molecular flexibility index (Phi) is 2.44. The maximum atomic E-state index is 12.3. The fraction of sp³-hybridized carbons (Fsp3) is 0.462. The van der Waals surface area contributed by atoms with Gasteiger partial charge in [0, 0.05) is 6.26 Å². The van der Waals surface area contributed by atoms with Crippen LogP contribution in [0.15, 0.2) is 23.1 Å². The molecule has 1 aliphatic heterocycles. The van der Waals surface area contributed by atoms with Crippen LogP contribution >= 0.6 is 0 Å². The number of para-hydroxylation sites is 1.